The number of alkyl halides is 1. The molecule has 4 heterocycles. The van der Waals surface area contributed by atoms with Crippen molar-refractivity contribution in [2.24, 2.45) is 0 Å². The number of halogens is 2. The van der Waals surface area contributed by atoms with Gasteiger partial charge in [0.05, 0.1) is 31.1 Å². The van der Waals surface area contributed by atoms with Gasteiger partial charge in [-0.1, -0.05) is 12.5 Å². The average Bonchev–Trinajstić information content (AvgIpc) is 2.86. The van der Waals surface area contributed by atoms with Gasteiger partial charge in [-0.25, -0.2) is 18.7 Å². The summed E-state index contributed by atoms with van der Waals surface area (Å²) >= 11 is 0. The van der Waals surface area contributed by atoms with Crippen LogP contribution >= 0.6 is 0 Å². The molecule has 9 nitrogen and oxygen atoms in total. The molecule has 178 valence electrons. The summed E-state index contributed by atoms with van der Waals surface area (Å²) in [7, 11) is 3.19. The maximum absolute atomic E-state index is 15.1. The number of ether oxygens (including phenoxy) is 1. The van der Waals surface area contributed by atoms with Crippen molar-refractivity contribution in [2.75, 3.05) is 19.1 Å². The zero-order valence-electron chi connectivity index (χ0n) is 18.8. The second-order valence-electron chi connectivity index (χ2n) is 8.68. The number of aromatic nitrogens is 5. The first-order valence-electron chi connectivity index (χ1n) is 11.2. The minimum atomic E-state index is -1.000. The van der Waals surface area contributed by atoms with Gasteiger partial charge >= 0.3 is 6.01 Å². The number of rotatable bonds is 5. The second kappa shape index (κ2) is 9.05. The molecule has 0 radical (unpaired) electrons. The molecule has 2 aromatic heterocycles. The second-order valence-corrected chi connectivity index (χ2v) is 8.68. The lowest BCUT2D eigenvalue weighted by molar-refractivity contribution is 0.107. The van der Waals surface area contributed by atoms with Crippen LogP contribution in [-0.4, -0.2) is 68.7 Å². The zero-order chi connectivity index (χ0) is 23.8. The lowest BCUT2D eigenvalue weighted by atomic mass is 9.82. The molecule has 2 N–H and O–H groups in total. The van der Waals surface area contributed by atoms with Crippen LogP contribution in [0.1, 0.15) is 25.7 Å². The fourth-order valence-corrected chi connectivity index (χ4v) is 4.80. The lowest BCUT2D eigenvalue weighted by Crippen LogP contribution is -2.61. The molecular weight excluding hydrogens is 444 g/mol. The van der Waals surface area contributed by atoms with E-state index >= 15 is 4.39 Å². The minimum absolute atomic E-state index is 0.00256. The van der Waals surface area contributed by atoms with Gasteiger partial charge in [0.1, 0.15) is 17.6 Å². The van der Waals surface area contributed by atoms with Gasteiger partial charge in [-0.05, 0) is 31.4 Å². The van der Waals surface area contributed by atoms with Crippen molar-refractivity contribution >= 4 is 5.82 Å². The van der Waals surface area contributed by atoms with Crippen LogP contribution in [0.15, 0.2) is 30.6 Å². The number of piperidine rings is 2. The van der Waals surface area contributed by atoms with E-state index in [-0.39, 0.29) is 35.4 Å². The van der Waals surface area contributed by atoms with Crippen LogP contribution in [-0.2, 0) is 0 Å². The monoisotopic (exact) mass is 469 g/mol. The van der Waals surface area contributed by atoms with Gasteiger partial charge in [0.15, 0.2) is 17.5 Å². The number of aromatic hydroxyl groups is 1. The molecule has 0 aliphatic carbocycles. The predicted molar refractivity (Wildman–Crippen MR) is 121 cm³/mol. The van der Waals surface area contributed by atoms with E-state index in [1.54, 1.807) is 24.1 Å². The predicted octanol–water partition coefficient (Wildman–Crippen LogP) is 2.91. The average molecular weight is 469 g/mol. The highest BCUT2D eigenvalue weighted by molar-refractivity contribution is 5.71. The molecule has 2 saturated heterocycles. The van der Waals surface area contributed by atoms with Crippen LogP contribution in [0.25, 0.3) is 22.6 Å². The van der Waals surface area contributed by atoms with Gasteiger partial charge in [-0.2, -0.15) is 4.98 Å². The van der Waals surface area contributed by atoms with Gasteiger partial charge in [0, 0.05) is 24.7 Å². The van der Waals surface area contributed by atoms with E-state index in [1.165, 1.54) is 19.4 Å². The highest BCUT2D eigenvalue weighted by atomic mass is 19.1. The highest BCUT2D eigenvalue weighted by Gasteiger charge is 2.42. The maximum atomic E-state index is 15.1. The Hall–Kier alpha value is -3.47. The van der Waals surface area contributed by atoms with E-state index in [2.05, 4.69) is 30.5 Å². The van der Waals surface area contributed by atoms with Gasteiger partial charge in [-0.3, -0.25) is 0 Å². The van der Waals surface area contributed by atoms with E-state index < -0.39 is 12.0 Å². The number of benzene rings is 1. The van der Waals surface area contributed by atoms with E-state index in [0.717, 1.165) is 25.5 Å². The summed E-state index contributed by atoms with van der Waals surface area (Å²) in [5, 5.41) is 22.3. The number of anilines is 1. The van der Waals surface area contributed by atoms with Gasteiger partial charge in [0.2, 0.25) is 0 Å². The number of phenolic OH excluding ortho intramolecular Hbond substituents is 1. The van der Waals surface area contributed by atoms with Gasteiger partial charge in [-0.15, -0.1) is 10.2 Å². The standard InChI is InChI=1S/C23H25F2N7O2/c1-32(17-9-13-4-3-5-16(28-13)20(17)25)19-11-26-22(31-30-19)14-7-6-12(8-18(14)33)21-15(24)10-27-23(29-21)34-2/h6-8,10-11,13,16-17,20,28,33H,3-5,9H2,1-2H3/t13-,16+,17+,20-/m1/s1. The number of nitrogens with one attached hydrogen (secondary N) is 1. The van der Waals surface area contributed by atoms with Crippen LogP contribution in [0.2, 0.25) is 0 Å². The van der Waals surface area contributed by atoms with Crippen molar-refractivity contribution in [3.63, 3.8) is 0 Å². The number of nitrogens with zero attached hydrogens (tertiary/aromatic N) is 6. The largest absolute Gasteiger partial charge is 0.507 e. The van der Waals surface area contributed by atoms with Crippen molar-refractivity contribution < 1.29 is 18.6 Å². The van der Waals surface area contributed by atoms with E-state index in [9.17, 15) is 9.50 Å². The van der Waals surface area contributed by atoms with Crippen LogP contribution in [0.3, 0.4) is 0 Å². The Morgan fingerprint density at radius 2 is 2.03 bits per heavy atom. The summed E-state index contributed by atoms with van der Waals surface area (Å²) in [6, 6.07) is 4.41. The van der Waals surface area contributed by atoms with E-state index in [4.69, 9.17) is 4.74 Å². The number of phenols is 1. The first-order chi connectivity index (χ1) is 16.4. The van der Waals surface area contributed by atoms with Gasteiger partial charge in [0.25, 0.3) is 0 Å². The molecular formula is C23H25F2N7O2. The summed E-state index contributed by atoms with van der Waals surface area (Å²) in [4.78, 5) is 13.9. The van der Waals surface area contributed by atoms with Crippen molar-refractivity contribution in [3.05, 3.63) is 36.4 Å². The summed E-state index contributed by atoms with van der Waals surface area (Å²) in [6.07, 6.45) is 5.17. The normalized spacial score (nSPS) is 24.0. The molecule has 1 aromatic carbocycles. The van der Waals surface area contributed by atoms with Crippen molar-refractivity contribution in [1.29, 1.82) is 0 Å². The first-order valence-corrected chi connectivity index (χ1v) is 11.2. The smallest absolute Gasteiger partial charge is 0.316 e. The Balaban J connectivity index is 1.36. The quantitative estimate of drug-likeness (QED) is 0.583. The number of hydrogen-bond acceptors (Lipinski definition) is 9. The summed E-state index contributed by atoms with van der Waals surface area (Å²) in [5.74, 6) is -0.151. The third-order valence-electron chi connectivity index (χ3n) is 6.62. The molecule has 0 unspecified atom stereocenters. The Bertz CT molecular complexity index is 1180. The minimum Gasteiger partial charge on any atom is -0.507 e. The Morgan fingerprint density at radius 1 is 1.18 bits per heavy atom. The fourth-order valence-electron chi connectivity index (χ4n) is 4.80. The van der Waals surface area contributed by atoms with E-state index in [0.29, 0.717) is 29.4 Å². The van der Waals surface area contributed by atoms with Crippen LogP contribution in [0.4, 0.5) is 14.6 Å². The third kappa shape index (κ3) is 4.11. The van der Waals surface area contributed by atoms with Crippen LogP contribution in [0.5, 0.6) is 11.8 Å². The van der Waals surface area contributed by atoms with Crippen molar-refractivity contribution in [3.8, 4) is 34.4 Å². The van der Waals surface area contributed by atoms with Crippen LogP contribution < -0.4 is 15.0 Å². The Kier molecular flexibility index (Phi) is 5.94. The number of fused-ring (bicyclic) bond motifs is 2. The highest BCUT2D eigenvalue weighted by Crippen LogP contribution is 2.34. The summed E-state index contributed by atoms with van der Waals surface area (Å²) in [5.41, 5.74) is 0.665. The van der Waals surface area contributed by atoms with E-state index in [1.807, 2.05) is 0 Å². The molecule has 0 saturated carbocycles. The topological polar surface area (TPSA) is 109 Å². The Labute approximate surface area is 195 Å². The molecule has 3 aromatic rings. The van der Waals surface area contributed by atoms with Crippen molar-refractivity contribution in [1.82, 2.24) is 30.5 Å². The van der Waals surface area contributed by atoms with Crippen molar-refractivity contribution in [2.45, 2.75) is 50.0 Å². The van der Waals surface area contributed by atoms with Crippen LogP contribution in [0, 0.1) is 5.82 Å². The third-order valence-corrected chi connectivity index (χ3v) is 6.62. The first kappa shape index (κ1) is 22.3. The maximum Gasteiger partial charge on any atom is 0.316 e. The summed E-state index contributed by atoms with van der Waals surface area (Å²) in [6.45, 7) is 0. The number of methoxy groups -OCH3 is 1. The molecule has 5 rings (SSSR count). The molecule has 34 heavy (non-hydrogen) atoms. The molecule has 4 atom stereocenters. The molecule has 2 aliphatic heterocycles. The number of hydrogen-bond donors (Lipinski definition) is 2. The molecule has 2 fully saturated rings. The molecule has 2 aliphatic rings. The zero-order valence-corrected chi connectivity index (χ0v) is 18.8. The molecule has 2 bridgehead atoms. The lowest BCUT2D eigenvalue weighted by Gasteiger charge is -2.45. The molecule has 0 spiro atoms. The molecule has 0 amide bonds. The Morgan fingerprint density at radius 3 is 2.76 bits per heavy atom. The fraction of sp³-hybridized carbons (Fsp3) is 0.435. The SMILES string of the molecule is COc1ncc(F)c(-c2ccc(-c3ncc(N(C)[C@H]4C[C@H]5CCC[C@H](N5)[C@H]4F)nn3)c(O)c2)n1. The summed E-state index contributed by atoms with van der Waals surface area (Å²) < 4.78 is 34.2. The molecule has 11 heteroatoms. The van der Waals surface area contributed by atoms with Gasteiger partial charge < -0.3 is 20.1 Å².